The van der Waals surface area contributed by atoms with Crippen LogP contribution in [0.2, 0.25) is 0 Å². The molecule has 0 saturated carbocycles. The van der Waals surface area contributed by atoms with E-state index in [4.69, 9.17) is 8.83 Å². The minimum Gasteiger partial charge on any atom is -0.542 e. The van der Waals surface area contributed by atoms with Crippen molar-refractivity contribution in [2.75, 3.05) is 11.5 Å². The minimum atomic E-state index is -1.31. The van der Waals surface area contributed by atoms with Gasteiger partial charge in [0, 0.05) is 34.1 Å². The third-order valence-corrected chi connectivity index (χ3v) is 5.60. The monoisotopic (exact) mass is 368 g/mol. The fourth-order valence-electron chi connectivity index (χ4n) is 2.01. The summed E-state index contributed by atoms with van der Waals surface area (Å²) in [7, 11) is 0. The highest BCUT2D eigenvalue weighted by atomic mass is 32.2. The lowest BCUT2D eigenvalue weighted by molar-refractivity contribution is -0.258. The zero-order chi connectivity index (χ0) is 17.7. The average Bonchev–Trinajstić information content (AvgIpc) is 3.07. The van der Waals surface area contributed by atoms with Crippen LogP contribution in [0, 0.1) is 13.8 Å². The van der Waals surface area contributed by atoms with Gasteiger partial charge in [-0.25, -0.2) is 0 Å². The van der Waals surface area contributed by atoms with E-state index in [0.29, 0.717) is 23.0 Å². The Morgan fingerprint density at radius 3 is 1.54 bits per heavy atom. The summed E-state index contributed by atoms with van der Waals surface area (Å²) < 4.78 is 10.2. The lowest BCUT2D eigenvalue weighted by Crippen LogP contribution is -2.21. The van der Waals surface area contributed by atoms with Gasteiger partial charge in [0.2, 0.25) is 0 Å². The van der Waals surface area contributed by atoms with Crippen molar-refractivity contribution in [2.24, 2.45) is 0 Å². The third kappa shape index (κ3) is 4.85. The summed E-state index contributed by atoms with van der Waals surface area (Å²) in [5, 5.41) is 21.4. The van der Waals surface area contributed by atoms with Gasteiger partial charge in [-0.2, -0.15) is 23.5 Å². The Balaban J connectivity index is 1.70. The molecule has 130 valence electrons. The standard InChI is InChI=1S/C16H18O6S2/c1-9-11(5-13(21-9)15(17)18)7-23-3-4-24-8-12-6-14(16(19)20)22-10(12)2/h5-6H,3-4,7-8H2,1-2H3,(H,17,18)(H,19,20)/p-2. The van der Waals surface area contributed by atoms with E-state index < -0.39 is 11.9 Å². The van der Waals surface area contributed by atoms with Crippen molar-refractivity contribution in [1.82, 2.24) is 0 Å². The SMILES string of the molecule is Cc1oc(C(=O)[O-])cc1CSCCSCc1cc(C(=O)[O-])oc1C. The van der Waals surface area contributed by atoms with Crippen LogP contribution in [0.3, 0.4) is 0 Å². The molecule has 0 aliphatic carbocycles. The van der Waals surface area contributed by atoms with Crippen LogP contribution in [-0.4, -0.2) is 23.4 Å². The number of carboxylic acid groups (broad SMARTS) is 2. The molecule has 0 aliphatic heterocycles. The molecule has 0 aliphatic rings. The maximum atomic E-state index is 10.7. The van der Waals surface area contributed by atoms with Crippen LogP contribution in [-0.2, 0) is 11.5 Å². The van der Waals surface area contributed by atoms with Gasteiger partial charge in [0.25, 0.3) is 0 Å². The number of aromatic carboxylic acids is 2. The molecule has 0 saturated heterocycles. The van der Waals surface area contributed by atoms with Crippen LogP contribution in [0.15, 0.2) is 21.0 Å². The molecular weight excluding hydrogens is 352 g/mol. The number of aryl methyl sites for hydroxylation is 2. The molecule has 0 unspecified atom stereocenters. The Labute approximate surface area is 147 Å². The van der Waals surface area contributed by atoms with Crippen molar-refractivity contribution in [3.8, 4) is 0 Å². The molecular formula is C16H16O6S2-2. The van der Waals surface area contributed by atoms with E-state index in [9.17, 15) is 19.8 Å². The summed E-state index contributed by atoms with van der Waals surface area (Å²) in [5.74, 6) is 1.38. The van der Waals surface area contributed by atoms with Gasteiger partial charge in [0.15, 0.2) is 0 Å². The third-order valence-electron chi connectivity index (χ3n) is 3.33. The lowest BCUT2D eigenvalue weighted by Gasteiger charge is -2.01. The molecule has 0 radical (unpaired) electrons. The fraction of sp³-hybridized carbons (Fsp3) is 0.375. The first kappa shape index (κ1) is 18.5. The lowest BCUT2D eigenvalue weighted by atomic mass is 10.3. The summed E-state index contributed by atoms with van der Waals surface area (Å²) in [5.41, 5.74) is 1.71. The van der Waals surface area contributed by atoms with E-state index in [2.05, 4.69) is 0 Å². The van der Waals surface area contributed by atoms with E-state index in [1.807, 2.05) is 0 Å². The molecule has 6 nitrogen and oxygen atoms in total. The van der Waals surface area contributed by atoms with Crippen molar-refractivity contribution >= 4 is 35.5 Å². The first-order chi connectivity index (χ1) is 11.4. The fourth-order valence-corrected chi connectivity index (χ4v) is 4.25. The highest BCUT2D eigenvalue weighted by Crippen LogP contribution is 2.23. The van der Waals surface area contributed by atoms with Crippen LogP contribution in [0.4, 0.5) is 0 Å². The Morgan fingerprint density at radius 2 is 1.25 bits per heavy atom. The van der Waals surface area contributed by atoms with Crippen LogP contribution < -0.4 is 10.2 Å². The van der Waals surface area contributed by atoms with Gasteiger partial charge in [-0.1, -0.05) is 0 Å². The zero-order valence-corrected chi connectivity index (χ0v) is 14.9. The molecule has 2 aromatic rings. The summed E-state index contributed by atoms with van der Waals surface area (Å²) in [6.45, 7) is 3.46. The maximum Gasteiger partial charge on any atom is 0.150 e. The van der Waals surface area contributed by atoms with E-state index in [1.54, 1.807) is 37.4 Å². The van der Waals surface area contributed by atoms with Crippen LogP contribution in [0.25, 0.3) is 0 Å². The Kier molecular flexibility index (Phi) is 6.44. The van der Waals surface area contributed by atoms with Crippen LogP contribution in [0.1, 0.15) is 43.8 Å². The number of rotatable bonds is 9. The second-order valence-corrected chi connectivity index (χ2v) is 7.27. The highest BCUT2D eigenvalue weighted by molar-refractivity contribution is 8.02. The topological polar surface area (TPSA) is 107 Å². The van der Waals surface area contributed by atoms with Gasteiger partial charge in [-0.05, 0) is 26.0 Å². The Bertz CT molecular complexity index is 669. The van der Waals surface area contributed by atoms with E-state index >= 15 is 0 Å². The molecule has 0 fully saturated rings. The molecule has 0 bridgehead atoms. The number of furan rings is 2. The second-order valence-electron chi connectivity index (χ2n) is 5.06. The predicted octanol–water partition coefficient (Wildman–Crippen LogP) is 1.38. The smallest absolute Gasteiger partial charge is 0.150 e. The number of carbonyl (C=O) groups excluding carboxylic acids is 2. The molecule has 0 aromatic carbocycles. The molecule has 2 aromatic heterocycles. The summed E-state index contributed by atoms with van der Waals surface area (Å²) in [4.78, 5) is 21.4. The molecule has 0 spiro atoms. The number of carbonyl (C=O) groups is 2. The molecule has 0 atom stereocenters. The predicted molar refractivity (Wildman–Crippen MR) is 87.9 cm³/mol. The minimum absolute atomic E-state index is 0.142. The van der Waals surface area contributed by atoms with Gasteiger partial charge in [0.1, 0.15) is 35.0 Å². The number of hydrogen-bond donors (Lipinski definition) is 0. The van der Waals surface area contributed by atoms with E-state index in [-0.39, 0.29) is 11.5 Å². The molecule has 24 heavy (non-hydrogen) atoms. The normalized spacial score (nSPS) is 10.9. The molecule has 2 rings (SSSR count). The van der Waals surface area contributed by atoms with Crippen molar-refractivity contribution in [1.29, 1.82) is 0 Å². The largest absolute Gasteiger partial charge is 0.542 e. The van der Waals surface area contributed by atoms with Gasteiger partial charge in [-0.3, -0.25) is 0 Å². The van der Waals surface area contributed by atoms with E-state index in [1.165, 1.54) is 12.1 Å². The van der Waals surface area contributed by atoms with Crippen molar-refractivity contribution in [2.45, 2.75) is 25.4 Å². The van der Waals surface area contributed by atoms with Gasteiger partial charge in [-0.15, -0.1) is 0 Å². The summed E-state index contributed by atoms with van der Waals surface area (Å²) in [6, 6.07) is 3.00. The first-order valence-electron chi connectivity index (χ1n) is 7.15. The summed E-state index contributed by atoms with van der Waals surface area (Å²) >= 11 is 3.35. The first-order valence-corrected chi connectivity index (χ1v) is 9.46. The quantitative estimate of drug-likeness (QED) is 0.611. The number of thioether (sulfide) groups is 2. The molecule has 2 heterocycles. The number of hydrogen-bond acceptors (Lipinski definition) is 8. The van der Waals surface area contributed by atoms with Crippen molar-refractivity contribution in [3.63, 3.8) is 0 Å². The zero-order valence-electron chi connectivity index (χ0n) is 13.2. The number of carboxylic acids is 2. The van der Waals surface area contributed by atoms with E-state index in [0.717, 1.165) is 22.6 Å². The van der Waals surface area contributed by atoms with Crippen molar-refractivity contribution in [3.05, 3.63) is 46.3 Å². The highest BCUT2D eigenvalue weighted by Gasteiger charge is 2.09. The molecule has 8 heteroatoms. The second kappa shape index (κ2) is 8.34. The Morgan fingerprint density at radius 1 is 0.875 bits per heavy atom. The average molecular weight is 368 g/mol. The van der Waals surface area contributed by atoms with Crippen LogP contribution in [0.5, 0.6) is 0 Å². The van der Waals surface area contributed by atoms with Crippen molar-refractivity contribution < 1.29 is 28.6 Å². The van der Waals surface area contributed by atoms with Gasteiger partial charge < -0.3 is 28.6 Å². The maximum absolute atomic E-state index is 10.7. The van der Waals surface area contributed by atoms with Gasteiger partial charge >= 0.3 is 0 Å². The summed E-state index contributed by atoms with van der Waals surface area (Å²) in [6.07, 6.45) is 0. The van der Waals surface area contributed by atoms with Gasteiger partial charge in [0.05, 0.1) is 0 Å². The molecule has 0 amide bonds. The molecule has 0 N–H and O–H groups in total. The Hall–Kier alpha value is -1.80. The van der Waals surface area contributed by atoms with Crippen LogP contribution >= 0.6 is 23.5 Å².